The number of ketones is 2. The summed E-state index contributed by atoms with van der Waals surface area (Å²) < 4.78 is 25.7. The van der Waals surface area contributed by atoms with Gasteiger partial charge in [0.05, 0.1) is 5.71 Å². The van der Waals surface area contributed by atoms with Crippen molar-refractivity contribution in [3.63, 3.8) is 0 Å². The van der Waals surface area contributed by atoms with Crippen molar-refractivity contribution in [3.8, 4) is 5.75 Å². The van der Waals surface area contributed by atoms with Crippen LogP contribution in [0.2, 0.25) is 0 Å². The molecule has 2 N–H and O–H groups in total. The van der Waals surface area contributed by atoms with E-state index in [2.05, 4.69) is 44.9 Å². The van der Waals surface area contributed by atoms with E-state index in [1.165, 1.54) is 83.5 Å². The second kappa shape index (κ2) is 26.2. The third-order valence-corrected chi connectivity index (χ3v) is 6.40. The molecule has 0 radical (unpaired) electrons. The number of halogens is 2. The second-order valence-electron chi connectivity index (χ2n) is 11.1. The molecule has 244 valence electrons. The van der Waals surface area contributed by atoms with Gasteiger partial charge in [-0.25, -0.2) is 8.78 Å². The molecule has 0 bridgehead atoms. The maximum atomic E-state index is 12.8. The van der Waals surface area contributed by atoms with Gasteiger partial charge in [0.2, 0.25) is 0 Å². The molecule has 1 saturated heterocycles. The highest BCUT2D eigenvalue weighted by atomic mass is 19.3. The standard InChI is InChI=1S/C10H12F2O.C9H15NO.C8H17N.C5H12.C3H6O/c1-3-7-4-8(10(2,11)12)6-9(13)5-7;1-5-7(2)6-9(10-4)8(3)11;1-3-8-5-4-7(2)6-9-8;1-3-5-4-2;1-3(2)4/h4-6,13H,3H2,1-2H3;6H,5H2,1-4H3;7-9H,3-6H2,1-2H3;3-5H2,1-2H3;1-2H3/b;7-6+,10-9?;;;. The van der Waals surface area contributed by atoms with Crippen molar-refractivity contribution in [2.75, 3.05) is 13.6 Å². The van der Waals surface area contributed by atoms with E-state index in [-0.39, 0.29) is 22.9 Å². The lowest BCUT2D eigenvalue weighted by Gasteiger charge is -2.26. The van der Waals surface area contributed by atoms with Crippen molar-refractivity contribution >= 4 is 17.3 Å². The number of benzene rings is 1. The Labute approximate surface area is 256 Å². The van der Waals surface area contributed by atoms with Crippen molar-refractivity contribution in [1.82, 2.24) is 5.32 Å². The number of allylic oxidation sites excluding steroid dienone is 2. The highest BCUT2D eigenvalue weighted by Crippen LogP contribution is 2.30. The molecule has 0 aliphatic carbocycles. The van der Waals surface area contributed by atoms with Gasteiger partial charge in [-0.1, -0.05) is 66.4 Å². The van der Waals surface area contributed by atoms with Crippen LogP contribution in [0.25, 0.3) is 0 Å². The van der Waals surface area contributed by atoms with Crippen molar-refractivity contribution in [1.29, 1.82) is 0 Å². The number of aryl methyl sites for hydroxylation is 1. The molecule has 0 spiro atoms. The Kier molecular flexibility index (Phi) is 27.5. The summed E-state index contributed by atoms with van der Waals surface area (Å²) in [7, 11) is 1.64. The molecule has 1 aliphatic heterocycles. The van der Waals surface area contributed by atoms with E-state index >= 15 is 0 Å². The van der Waals surface area contributed by atoms with Crippen molar-refractivity contribution < 1.29 is 23.5 Å². The van der Waals surface area contributed by atoms with Crippen LogP contribution in [0, 0.1) is 5.92 Å². The number of nitrogens with one attached hydrogen (secondary N) is 1. The highest BCUT2D eigenvalue weighted by molar-refractivity contribution is 6.43. The van der Waals surface area contributed by atoms with Gasteiger partial charge < -0.3 is 15.2 Å². The molecule has 0 amide bonds. The number of hydrogen-bond acceptors (Lipinski definition) is 5. The van der Waals surface area contributed by atoms with Crippen LogP contribution in [-0.2, 0) is 21.9 Å². The highest BCUT2D eigenvalue weighted by Gasteiger charge is 2.25. The third kappa shape index (κ3) is 26.5. The van der Waals surface area contributed by atoms with Gasteiger partial charge in [0, 0.05) is 32.5 Å². The molecule has 2 atom stereocenters. The van der Waals surface area contributed by atoms with E-state index in [0.717, 1.165) is 36.9 Å². The smallest absolute Gasteiger partial charge is 0.270 e. The summed E-state index contributed by atoms with van der Waals surface area (Å²) >= 11 is 0. The SMILES string of the molecule is CC(C)=O.CC/C(C)=C/C(=NC)C(C)=O.CCC1CCC(C)CN1.CCCCC.CCc1cc(O)cc(C(C)(F)F)c1. The lowest BCUT2D eigenvalue weighted by atomic mass is 9.95. The zero-order chi connectivity index (χ0) is 33.3. The number of carbonyl (C=O) groups excluding carboxylic acids is 2. The largest absolute Gasteiger partial charge is 0.508 e. The zero-order valence-corrected chi connectivity index (χ0v) is 28.8. The first-order valence-corrected chi connectivity index (χ1v) is 15.6. The predicted molar refractivity (Wildman–Crippen MR) is 177 cm³/mol. The number of Topliss-reactive ketones (excluding diaryl/α,β-unsaturated/α-hetero) is 2. The van der Waals surface area contributed by atoms with Crippen molar-refractivity contribution in [3.05, 3.63) is 41.0 Å². The molecular weight excluding hydrogens is 534 g/mol. The molecule has 1 heterocycles. The number of phenolic OH excluding ortho intramolecular Hbond substituents is 1. The number of alkyl halides is 2. The zero-order valence-electron chi connectivity index (χ0n) is 28.8. The molecule has 7 heteroatoms. The van der Waals surface area contributed by atoms with Crippen molar-refractivity contribution in [2.45, 2.75) is 139 Å². The average Bonchev–Trinajstić information content (AvgIpc) is 2.92. The Hall–Kier alpha value is -2.41. The van der Waals surface area contributed by atoms with Crippen LogP contribution >= 0.6 is 0 Å². The Morgan fingerprint density at radius 1 is 1.02 bits per heavy atom. The van der Waals surface area contributed by atoms with Gasteiger partial charge in [0.25, 0.3) is 5.92 Å². The van der Waals surface area contributed by atoms with E-state index in [4.69, 9.17) is 5.11 Å². The minimum atomic E-state index is -2.89. The summed E-state index contributed by atoms with van der Waals surface area (Å²) in [5.74, 6) is -1.88. The van der Waals surface area contributed by atoms with Gasteiger partial charge in [0.15, 0.2) is 5.78 Å². The van der Waals surface area contributed by atoms with E-state index in [9.17, 15) is 18.4 Å². The molecule has 42 heavy (non-hydrogen) atoms. The molecular formula is C35H62F2N2O3. The van der Waals surface area contributed by atoms with Crippen molar-refractivity contribution in [2.24, 2.45) is 10.9 Å². The van der Waals surface area contributed by atoms with Gasteiger partial charge in [-0.05, 0) is 95.2 Å². The Morgan fingerprint density at radius 3 is 1.88 bits per heavy atom. The first-order chi connectivity index (χ1) is 19.5. The molecule has 0 saturated carbocycles. The fraction of sp³-hybridized carbons (Fsp3) is 0.686. The average molecular weight is 597 g/mol. The van der Waals surface area contributed by atoms with E-state index in [0.29, 0.717) is 12.1 Å². The fourth-order valence-corrected chi connectivity index (χ4v) is 3.55. The lowest BCUT2D eigenvalue weighted by Crippen LogP contribution is -2.37. The minimum absolute atomic E-state index is 0.0281. The summed E-state index contributed by atoms with van der Waals surface area (Å²) in [5.41, 5.74) is 2.33. The van der Waals surface area contributed by atoms with Gasteiger partial charge in [0.1, 0.15) is 11.5 Å². The summed E-state index contributed by atoms with van der Waals surface area (Å²) in [6.07, 6.45) is 11.6. The maximum Gasteiger partial charge on any atom is 0.270 e. The van der Waals surface area contributed by atoms with E-state index in [1.54, 1.807) is 7.05 Å². The Morgan fingerprint density at radius 2 is 1.57 bits per heavy atom. The van der Waals surface area contributed by atoms with Crippen LogP contribution in [-0.4, -0.2) is 42.0 Å². The third-order valence-electron chi connectivity index (χ3n) is 6.40. The topological polar surface area (TPSA) is 78.8 Å². The van der Waals surface area contributed by atoms with Crippen LogP contribution in [0.15, 0.2) is 34.8 Å². The van der Waals surface area contributed by atoms with Crippen LogP contribution in [0.1, 0.15) is 132 Å². The number of unbranched alkanes of at least 4 members (excludes halogenated alkanes) is 2. The number of phenols is 1. The first-order valence-electron chi connectivity index (χ1n) is 15.6. The van der Waals surface area contributed by atoms with Gasteiger partial charge in [-0.15, -0.1) is 0 Å². The van der Waals surface area contributed by atoms with Gasteiger partial charge in [-0.3, -0.25) is 9.79 Å². The quantitative estimate of drug-likeness (QED) is 0.293. The molecule has 1 fully saturated rings. The number of piperidine rings is 1. The summed E-state index contributed by atoms with van der Waals surface area (Å²) in [5, 5.41) is 12.7. The minimum Gasteiger partial charge on any atom is -0.508 e. The molecule has 2 unspecified atom stereocenters. The predicted octanol–water partition coefficient (Wildman–Crippen LogP) is 9.65. The lowest BCUT2D eigenvalue weighted by molar-refractivity contribution is -0.115. The van der Waals surface area contributed by atoms with Crippen LogP contribution in [0.5, 0.6) is 5.75 Å². The number of carbonyl (C=O) groups is 2. The number of hydrogen-bond donors (Lipinski definition) is 2. The number of nitrogens with zero attached hydrogens (tertiary/aromatic N) is 1. The molecule has 0 aromatic heterocycles. The molecule has 2 rings (SSSR count). The molecule has 1 aromatic rings. The van der Waals surface area contributed by atoms with Crippen LogP contribution in [0.3, 0.4) is 0 Å². The summed E-state index contributed by atoms with van der Waals surface area (Å²) in [6, 6.07) is 4.83. The van der Waals surface area contributed by atoms with E-state index in [1.807, 2.05) is 19.9 Å². The maximum absolute atomic E-state index is 12.8. The Balaban J connectivity index is -0.000000480. The van der Waals surface area contributed by atoms with Gasteiger partial charge >= 0.3 is 0 Å². The molecule has 5 nitrogen and oxygen atoms in total. The molecule has 1 aromatic carbocycles. The number of aliphatic imine (C=N–C) groups is 1. The normalized spacial score (nSPS) is 16.6. The first kappa shape index (κ1) is 44.0. The van der Waals surface area contributed by atoms with Gasteiger partial charge in [-0.2, -0.15) is 0 Å². The fourth-order valence-electron chi connectivity index (χ4n) is 3.55. The second-order valence-corrected chi connectivity index (χ2v) is 11.1. The monoisotopic (exact) mass is 596 g/mol. The summed E-state index contributed by atoms with van der Waals surface area (Å²) in [4.78, 5) is 24.2. The number of rotatable bonds is 8. The summed E-state index contributed by atoms with van der Waals surface area (Å²) in [6.45, 7) is 21.5. The molecule has 1 aliphatic rings. The number of aromatic hydroxyl groups is 1. The van der Waals surface area contributed by atoms with Crippen LogP contribution in [0.4, 0.5) is 8.78 Å². The van der Waals surface area contributed by atoms with Crippen LogP contribution < -0.4 is 5.32 Å². The Bertz CT molecular complexity index is 907. The van der Waals surface area contributed by atoms with E-state index < -0.39 is 5.92 Å².